The second-order valence-electron chi connectivity index (χ2n) is 7.98. The summed E-state index contributed by atoms with van der Waals surface area (Å²) in [5, 5.41) is 11.8. The monoisotopic (exact) mass is 455 g/mol. The summed E-state index contributed by atoms with van der Waals surface area (Å²) in [6.45, 7) is 0.398. The van der Waals surface area contributed by atoms with Crippen LogP contribution < -0.4 is 10.1 Å². The maximum absolute atomic E-state index is 13.1. The fourth-order valence-corrected chi connectivity index (χ4v) is 3.99. The number of aryl methyl sites for hydroxylation is 1. The van der Waals surface area contributed by atoms with E-state index in [2.05, 4.69) is 25.2 Å². The number of anilines is 1. The first-order chi connectivity index (χ1) is 15.1. The Kier molecular flexibility index (Phi) is 5.93. The molecule has 172 valence electrons. The Bertz CT molecular complexity index is 1110. The lowest BCUT2D eigenvalue weighted by Crippen LogP contribution is -2.40. The van der Waals surface area contributed by atoms with E-state index in [4.69, 9.17) is 0 Å². The highest BCUT2D eigenvalue weighted by Gasteiger charge is 2.32. The van der Waals surface area contributed by atoms with Crippen LogP contribution in [-0.2, 0) is 6.18 Å². The molecule has 0 aliphatic carbocycles. The molecule has 0 amide bonds. The first-order valence-electron chi connectivity index (χ1n) is 10.1. The Morgan fingerprint density at radius 3 is 2.66 bits per heavy atom. The number of likely N-dealkylation sites (tertiary alicyclic amines) is 1. The number of fused-ring (bicyclic) bond motifs is 1. The predicted molar refractivity (Wildman–Crippen MR) is 109 cm³/mol. The number of benzene rings is 1. The van der Waals surface area contributed by atoms with Gasteiger partial charge in [-0.15, -0.1) is 10.2 Å². The molecule has 0 spiro atoms. The lowest BCUT2D eigenvalue weighted by atomic mass is 10.1. The van der Waals surface area contributed by atoms with Crippen LogP contribution in [0.3, 0.4) is 0 Å². The van der Waals surface area contributed by atoms with E-state index in [1.54, 1.807) is 16.7 Å². The Morgan fingerprint density at radius 2 is 1.97 bits per heavy atom. The van der Waals surface area contributed by atoms with E-state index < -0.39 is 24.1 Å². The SMILES string of the molecule is Cc1cc2c(-c3ccc(C(F)(F)F)cc3OC(F)F)nnc(N[C@@H]3CCCN(C)C3)n2c1. The first kappa shape index (κ1) is 22.3. The molecule has 4 rings (SSSR count). The minimum absolute atomic E-state index is 0.00199. The minimum Gasteiger partial charge on any atom is -0.434 e. The largest absolute Gasteiger partial charge is 0.434 e. The lowest BCUT2D eigenvalue weighted by molar-refractivity contribution is -0.138. The average Bonchev–Trinajstić information content (AvgIpc) is 3.09. The van der Waals surface area contributed by atoms with Crippen molar-refractivity contribution in [3.63, 3.8) is 0 Å². The van der Waals surface area contributed by atoms with E-state index in [1.165, 1.54) is 0 Å². The summed E-state index contributed by atoms with van der Waals surface area (Å²) < 4.78 is 71.4. The second-order valence-corrected chi connectivity index (χ2v) is 7.98. The Morgan fingerprint density at radius 1 is 1.19 bits per heavy atom. The van der Waals surface area contributed by atoms with Crippen LogP contribution in [0.1, 0.15) is 24.0 Å². The van der Waals surface area contributed by atoms with Crippen molar-refractivity contribution in [3.8, 4) is 17.0 Å². The highest BCUT2D eigenvalue weighted by Crippen LogP contribution is 2.39. The number of nitrogens with zero attached hydrogens (tertiary/aromatic N) is 4. The first-order valence-corrected chi connectivity index (χ1v) is 10.1. The summed E-state index contributed by atoms with van der Waals surface area (Å²) in [6, 6.07) is 4.37. The predicted octanol–water partition coefficient (Wildman–Crippen LogP) is 4.83. The van der Waals surface area contributed by atoms with E-state index in [-0.39, 0.29) is 17.3 Å². The molecule has 1 fully saturated rings. The molecule has 0 radical (unpaired) electrons. The zero-order chi connectivity index (χ0) is 23.0. The van der Waals surface area contributed by atoms with Crippen LogP contribution in [0.4, 0.5) is 27.9 Å². The summed E-state index contributed by atoms with van der Waals surface area (Å²) in [5.74, 6) is -0.139. The zero-order valence-corrected chi connectivity index (χ0v) is 17.5. The summed E-state index contributed by atoms with van der Waals surface area (Å²) >= 11 is 0. The number of nitrogens with one attached hydrogen (secondary N) is 1. The van der Waals surface area contributed by atoms with E-state index in [1.807, 2.05) is 14.0 Å². The molecular formula is C21H22F5N5O. The minimum atomic E-state index is -4.70. The standard InChI is InChI=1S/C21H22F5N5O/c1-12-8-16-18(15-6-5-13(21(24,25)26)9-17(15)32-19(22)23)28-29-20(31(16)10-12)27-14-4-3-7-30(2)11-14/h5-6,8-10,14,19H,3-4,7,11H2,1-2H3,(H,27,29)/t14-/m1/s1. The maximum Gasteiger partial charge on any atom is 0.416 e. The van der Waals surface area contributed by atoms with Crippen LogP contribution >= 0.6 is 0 Å². The number of ether oxygens (including phenoxy) is 1. The van der Waals surface area contributed by atoms with Gasteiger partial charge >= 0.3 is 12.8 Å². The molecule has 1 N–H and O–H groups in total. The molecule has 11 heteroatoms. The fourth-order valence-electron chi connectivity index (χ4n) is 3.99. The Balaban J connectivity index is 1.78. The van der Waals surface area contributed by atoms with Gasteiger partial charge in [0.1, 0.15) is 11.4 Å². The topological polar surface area (TPSA) is 54.7 Å². The van der Waals surface area contributed by atoms with Gasteiger partial charge < -0.3 is 15.0 Å². The van der Waals surface area contributed by atoms with Gasteiger partial charge in [-0.05, 0) is 63.2 Å². The van der Waals surface area contributed by atoms with Gasteiger partial charge in [0.05, 0.1) is 11.1 Å². The molecule has 1 aliphatic heterocycles. The van der Waals surface area contributed by atoms with Gasteiger partial charge in [-0.3, -0.25) is 4.40 Å². The number of hydrogen-bond donors (Lipinski definition) is 1. The molecular weight excluding hydrogens is 433 g/mol. The van der Waals surface area contributed by atoms with Gasteiger partial charge in [0, 0.05) is 24.3 Å². The molecule has 1 saturated heterocycles. The van der Waals surface area contributed by atoms with Crippen LogP contribution in [0.2, 0.25) is 0 Å². The molecule has 6 nitrogen and oxygen atoms in total. The third-order valence-electron chi connectivity index (χ3n) is 5.41. The molecule has 1 aromatic carbocycles. The zero-order valence-electron chi connectivity index (χ0n) is 17.5. The highest BCUT2D eigenvalue weighted by molar-refractivity contribution is 5.82. The number of rotatable bonds is 5. The molecule has 1 atom stereocenters. The van der Waals surface area contributed by atoms with Crippen LogP contribution in [0.5, 0.6) is 5.75 Å². The number of hydrogen-bond acceptors (Lipinski definition) is 5. The summed E-state index contributed by atoms with van der Waals surface area (Å²) in [5.41, 5.74) is 0.426. The number of likely N-dealkylation sites (N-methyl/N-ethyl adjacent to an activating group) is 1. The van der Waals surface area contributed by atoms with Crippen LogP contribution in [-0.4, -0.2) is 52.3 Å². The van der Waals surface area contributed by atoms with Crippen molar-refractivity contribution in [2.24, 2.45) is 0 Å². The normalized spacial score (nSPS) is 17.8. The van der Waals surface area contributed by atoms with Gasteiger partial charge in [-0.2, -0.15) is 22.0 Å². The van der Waals surface area contributed by atoms with E-state index in [0.29, 0.717) is 17.5 Å². The van der Waals surface area contributed by atoms with Crippen LogP contribution in [0, 0.1) is 6.92 Å². The fraction of sp³-hybridized carbons (Fsp3) is 0.429. The number of piperidine rings is 1. The van der Waals surface area contributed by atoms with Crippen molar-refractivity contribution in [1.29, 1.82) is 0 Å². The lowest BCUT2D eigenvalue weighted by Gasteiger charge is -2.30. The van der Waals surface area contributed by atoms with E-state index in [9.17, 15) is 22.0 Å². The van der Waals surface area contributed by atoms with Crippen LogP contribution in [0.25, 0.3) is 16.8 Å². The molecule has 1 aliphatic rings. The van der Waals surface area contributed by atoms with Gasteiger partial charge in [0.2, 0.25) is 5.95 Å². The summed E-state index contributed by atoms with van der Waals surface area (Å²) in [4.78, 5) is 2.21. The summed E-state index contributed by atoms with van der Waals surface area (Å²) in [6.07, 6.45) is -0.902. The quantitative estimate of drug-likeness (QED) is 0.559. The van der Waals surface area contributed by atoms with Gasteiger partial charge in [0.25, 0.3) is 0 Å². The van der Waals surface area contributed by atoms with Crippen molar-refractivity contribution >= 4 is 11.5 Å². The summed E-state index contributed by atoms with van der Waals surface area (Å²) in [7, 11) is 2.03. The van der Waals surface area contributed by atoms with Crippen molar-refractivity contribution < 1.29 is 26.7 Å². The molecule has 0 saturated carbocycles. The Labute approximate surface area is 181 Å². The smallest absolute Gasteiger partial charge is 0.416 e. The van der Waals surface area contributed by atoms with Crippen molar-refractivity contribution in [2.45, 2.75) is 38.6 Å². The average molecular weight is 455 g/mol. The molecule has 3 heterocycles. The third kappa shape index (κ3) is 4.62. The second kappa shape index (κ2) is 8.53. The number of aromatic nitrogens is 3. The van der Waals surface area contributed by atoms with Crippen molar-refractivity contribution in [1.82, 2.24) is 19.5 Å². The number of halogens is 5. The molecule has 0 unspecified atom stereocenters. The van der Waals surface area contributed by atoms with Gasteiger partial charge in [-0.1, -0.05) is 0 Å². The van der Waals surface area contributed by atoms with E-state index in [0.717, 1.165) is 43.6 Å². The Hall–Kier alpha value is -2.95. The maximum atomic E-state index is 13.1. The molecule has 2 aromatic heterocycles. The van der Waals surface area contributed by atoms with Gasteiger partial charge in [0.15, 0.2) is 0 Å². The van der Waals surface area contributed by atoms with Crippen molar-refractivity contribution in [3.05, 3.63) is 41.6 Å². The third-order valence-corrected chi connectivity index (χ3v) is 5.41. The van der Waals surface area contributed by atoms with Gasteiger partial charge in [-0.25, -0.2) is 0 Å². The van der Waals surface area contributed by atoms with Crippen molar-refractivity contribution in [2.75, 3.05) is 25.5 Å². The number of alkyl halides is 5. The molecule has 32 heavy (non-hydrogen) atoms. The van der Waals surface area contributed by atoms with Crippen LogP contribution in [0.15, 0.2) is 30.5 Å². The molecule has 0 bridgehead atoms. The molecule has 3 aromatic rings. The highest BCUT2D eigenvalue weighted by atomic mass is 19.4. The van der Waals surface area contributed by atoms with E-state index >= 15 is 0 Å².